The molecule has 3 atom stereocenters. The average Bonchev–Trinajstić information content (AvgIpc) is 2.97. The molecule has 2 rings (SSSR count). The maximum absolute atomic E-state index is 9.52. The molecule has 2 nitrogen and oxygen atoms in total. The van der Waals surface area contributed by atoms with Crippen molar-refractivity contribution in [3.63, 3.8) is 0 Å². The third kappa shape index (κ3) is 2.74. The molecule has 2 bridgehead atoms. The molecule has 2 aliphatic carbocycles. The third-order valence-electron chi connectivity index (χ3n) is 5.16. The van der Waals surface area contributed by atoms with E-state index < -0.39 is 0 Å². The lowest BCUT2D eigenvalue weighted by atomic mass is 9.83. The van der Waals surface area contributed by atoms with Crippen LogP contribution in [0.5, 0.6) is 0 Å². The van der Waals surface area contributed by atoms with Gasteiger partial charge in [0.1, 0.15) is 0 Å². The monoisotopic (exact) mass is 237 g/mol. The Labute approximate surface area is 105 Å². The Morgan fingerprint density at radius 1 is 1.24 bits per heavy atom. The lowest BCUT2D eigenvalue weighted by Gasteiger charge is -2.31. The number of nitrogens with one attached hydrogen (secondary N) is 1. The number of hydrogen-bond donors (Lipinski definition) is 2. The largest absolute Gasteiger partial charge is 0.396 e. The van der Waals surface area contributed by atoms with Gasteiger partial charge in [0.15, 0.2) is 0 Å². The zero-order valence-electron chi connectivity index (χ0n) is 11.3. The highest BCUT2D eigenvalue weighted by Crippen LogP contribution is 2.43. The smallest absolute Gasteiger partial charge is 0.0499 e. The normalized spacial score (nSPS) is 31.4. The van der Waals surface area contributed by atoms with Gasteiger partial charge in [0.05, 0.1) is 0 Å². The van der Waals surface area contributed by atoms with Crippen LogP contribution in [0.1, 0.15) is 39.5 Å². The quantitative estimate of drug-likeness (QED) is 0.667. The number of allylic oxidation sites excluding steroid dienone is 2. The van der Waals surface area contributed by atoms with Crippen LogP contribution in [0.15, 0.2) is 12.2 Å². The molecule has 1 saturated carbocycles. The van der Waals surface area contributed by atoms with E-state index in [1.54, 1.807) is 0 Å². The van der Waals surface area contributed by atoms with Crippen LogP contribution in [0.3, 0.4) is 0 Å². The van der Waals surface area contributed by atoms with E-state index in [1.807, 2.05) is 0 Å². The second-order valence-corrected chi connectivity index (χ2v) is 6.04. The number of aliphatic hydroxyl groups excluding tert-OH is 1. The Morgan fingerprint density at radius 2 is 2.00 bits per heavy atom. The molecule has 0 aromatic rings. The molecular weight excluding hydrogens is 210 g/mol. The predicted octanol–water partition coefficient (Wildman–Crippen LogP) is 2.59. The summed E-state index contributed by atoms with van der Waals surface area (Å²) in [5.74, 6) is 2.54. The van der Waals surface area contributed by atoms with Crippen LogP contribution in [0.25, 0.3) is 0 Å². The van der Waals surface area contributed by atoms with E-state index in [4.69, 9.17) is 0 Å². The molecule has 1 fully saturated rings. The summed E-state index contributed by atoms with van der Waals surface area (Å²) in [4.78, 5) is 0. The molecule has 17 heavy (non-hydrogen) atoms. The zero-order chi connectivity index (χ0) is 12.3. The first kappa shape index (κ1) is 13.1. The molecule has 0 saturated heterocycles. The molecule has 0 spiro atoms. The number of hydrogen-bond acceptors (Lipinski definition) is 2. The van der Waals surface area contributed by atoms with Crippen LogP contribution >= 0.6 is 0 Å². The van der Waals surface area contributed by atoms with Crippen molar-refractivity contribution in [3.05, 3.63) is 12.2 Å². The Bertz CT molecular complexity index is 262. The van der Waals surface area contributed by atoms with Crippen molar-refractivity contribution >= 4 is 0 Å². The summed E-state index contributed by atoms with van der Waals surface area (Å²) in [6, 6.07) is 0. The summed E-state index contributed by atoms with van der Waals surface area (Å²) in [6.07, 6.45) is 9.70. The second kappa shape index (κ2) is 5.53. The highest BCUT2D eigenvalue weighted by Gasteiger charge is 2.35. The minimum absolute atomic E-state index is 0.105. The fourth-order valence-electron chi connectivity index (χ4n) is 3.43. The summed E-state index contributed by atoms with van der Waals surface area (Å²) in [5.41, 5.74) is 0.105. The predicted molar refractivity (Wildman–Crippen MR) is 71.8 cm³/mol. The van der Waals surface area contributed by atoms with Gasteiger partial charge in [0.2, 0.25) is 0 Å². The molecule has 2 heteroatoms. The number of fused-ring (bicyclic) bond motifs is 2. The fourth-order valence-corrected chi connectivity index (χ4v) is 3.43. The van der Waals surface area contributed by atoms with E-state index in [0.717, 1.165) is 43.7 Å². The highest BCUT2D eigenvalue weighted by atomic mass is 16.3. The van der Waals surface area contributed by atoms with E-state index in [2.05, 4.69) is 31.3 Å². The number of aliphatic hydroxyl groups is 1. The Kier molecular flexibility index (Phi) is 4.26. The van der Waals surface area contributed by atoms with Crippen molar-refractivity contribution in [2.45, 2.75) is 39.5 Å². The van der Waals surface area contributed by atoms with Crippen LogP contribution in [0, 0.1) is 23.2 Å². The topological polar surface area (TPSA) is 32.3 Å². The molecule has 0 heterocycles. The molecule has 3 unspecified atom stereocenters. The van der Waals surface area contributed by atoms with Crippen molar-refractivity contribution in [1.82, 2.24) is 5.32 Å². The molecule has 98 valence electrons. The van der Waals surface area contributed by atoms with Gasteiger partial charge in [-0.2, -0.15) is 0 Å². The van der Waals surface area contributed by atoms with Gasteiger partial charge < -0.3 is 10.4 Å². The van der Waals surface area contributed by atoms with Gasteiger partial charge >= 0.3 is 0 Å². The van der Waals surface area contributed by atoms with Crippen LogP contribution < -0.4 is 5.32 Å². The van der Waals surface area contributed by atoms with Crippen LogP contribution in [-0.2, 0) is 0 Å². The summed E-state index contributed by atoms with van der Waals surface area (Å²) in [7, 11) is 0. The Balaban J connectivity index is 1.74. The Hall–Kier alpha value is -0.340. The van der Waals surface area contributed by atoms with Gasteiger partial charge in [0, 0.05) is 18.6 Å². The summed E-state index contributed by atoms with van der Waals surface area (Å²) < 4.78 is 0. The first-order chi connectivity index (χ1) is 8.23. The summed E-state index contributed by atoms with van der Waals surface area (Å²) >= 11 is 0. The van der Waals surface area contributed by atoms with Gasteiger partial charge in [-0.15, -0.1) is 0 Å². The molecule has 0 radical (unpaired) electrons. The van der Waals surface area contributed by atoms with Crippen LogP contribution in [0.2, 0.25) is 0 Å². The molecular formula is C15H27NO. The van der Waals surface area contributed by atoms with E-state index in [9.17, 15) is 5.11 Å². The van der Waals surface area contributed by atoms with Crippen molar-refractivity contribution in [2.75, 3.05) is 19.7 Å². The number of rotatable bonds is 7. The zero-order valence-corrected chi connectivity index (χ0v) is 11.3. The van der Waals surface area contributed by atoms with Crippen molar-refractivity contribution in [2.24, 2.45) is 23.2 Å². The van der Waals surface area contributed by atoms with Gasteiger partial charge in [0.25, 0.3) is 0 Å². The minimum Gasteiger partial charge on any atom is -0.396 e. The average molecular weight is 237 g/mol. The van der Waals surface area contributed by atoms with E-state index >= 15 is 0 Å². The van der Waals surface area contributed by atoms with Crippen molar-refractivity contribution in [3.8, 4) is 0 Å². The van der Waals surface area contributed by atoms with E-state index in [1.165, 1.54) is 12.8 Å². The van der Waals surface area contributed by atoms with E-state index in [-0.39, 0.29) is 5.41 Å². The Morgan fingerprint density at radius 3 is 2.47 bits per heavy atom. The minimum atomic E-state index is 0.105. The molecule has 0 aromatic heterocycles. The van der Waals surface area contributed by atoms with Gasteiger partial charge in [-0.05, 0) is 50.0 Å². The SMILES string of the molecule is CCC(CC)(CO)CNCC1CC2C=CC1C2. The fraction of sp³-hybridized carbons (Fsp3) is 0.867. The molecule has 0 aliphatic heterocycles. The molecule has 2 aliphatic rings. The summed E-state index contributed by atoms with van der Waals surface area (Å²) in [5, 5.41) is 13.1. The van der Waals surface area contributed by atoms with Crippen LogP contribution in [0.4, 0.5) is 0 Å². The summed E-state index contributed by atoms with van der Waals surface area (Å²) in [6.45, 7) is 6.77. The molecule has 2 N–H and O–H groups in total. The highest BCUT2D eigenvalue weighted by molar-refractivity contribution is 5.10. The van der Waals surface area contributed by atoms with E-state index in [0.29, 0.717) is 6.61 Å². The first-order valence-electron chi connectivity index (χ1n) is 7.23. The molecule has 0 amide bonds. The standard InChI is InChI=1S/C15H27NO/c1-3-15(4-2,11-17)10-16-9-14-8-12-5-6-13(14)7-12/h5-6,12-14,16-17H,3-4,7-11H2,1-2H3. The van der Waals surface area contributed by atoms with Crippen LogP contribution in [-0.4, -0.2) is 24.8 Å². The lowest BCUT2D eigenvalue weighted by molar-refractivity contribution is 0.111. The van der Waals surface area contributed by atoms with Gasteiger partial charge in [-0.25, -0.2) is 0 Å². The van der Waals surface area contributed by atoms with Crippen molar-refractivity contribution in [1.29, 1.82) is 0 Å². The maximum Gasteiger partial charge on any atom is 0.0499 e. The van der Waals surface area contributed by atoms with Crippen molar-refractivity contribution < 1.29 is 5.11 Å². The first-order valence-corrected chi connectivity index (χ1v) is 7.23. The lowest BCUT2D eigenvalue weighted by Crippen LogP contribution is -2.39. The maximum atomic E-state index is 9.52. The second-order valence-electron chi connectivity index (χ2n) is 6.04. The molecule has 0 aromatic carbocycles. The third-order valence-corrected chi connectivity index (χ3v) is 5.16. The van der Waals surface area contributed by atoms with Gasteiger partial charge in [-0.3, -0.25) is 0 Å². The van der Waals surface area contributed by atoms with Gasteiger partial charge in [-0.1, -0.05) is 26.0 Å².